The molecule has 0 aliphatic carbocycles. The van der Waals surface area contributed by atoms with E-state index in [1.165, 1.54) is 24.1 Å². The lowest BCUT2D eigenvalue weighted by atomic mass is 10.1. The lowest BCUT2D eigenvalue weighted by Crippen LogP contribution is -2.39. The van der Waals surface area contributed by atoms with Crippen molar-refractivity contribution in [3.05, 3.63) is 59.9 Å². The number of hydrogen-bond acceptors (Lipinski definition) is 3. The van der Waals surface area contributed by atoms with Crippen molar-refractivity contribution in [2.24, 2.45) is 0 Å². The van der Waals surface area contributed by atoms with E-state index in [9.17, 15) is 4.79 Å². The fraction of sp³-hybridized carbons (Fsp3) is 0.429. The van der Waals surface area contributed by atoms with Crippen LogP contribution in [0.5, 0.6) is 0 Å². The zero-order chi connectivity index (χ0) is 17.8. The summed E-state index contributed by atoms with van der Waals surface area (Å²) in [6.07, 6.45) is 6.31. The number of pyridine rings is 1. The summed E-state index contributed by atoms with van der Waals surface area (Å²) >= 11 is 0. The van der Waals surface area contributed by atoms with Gasteiger partial charge in [-0.15, -0.1) is 0 Å². The molecule has 0 bridgehead atoms. The molecular weight excluding hydrogens is 324 g/mol. The molecule has 0 saturated carbocycles. The number of benzene rings is 1. The van der Waals surface area contributed by atoms with E-state index in [2.05, 4.69) is 33.4 Å². The van der Waals surface area contributed by atoms with Gasteiger partial charge < -0.3 is 15.1 Å². The van der Waals surface area contributed by atoms with Crippen LogP contribution in [0.2, 0.25) is 0 Å². The van der Waals surface area contributed by atoms with Crippen molar-refractivity contribution in [2.75, 3.05) is 24.5 Å². The van der Waals surface area contributed by atoms with Crippen LogP contribution in [-0.2, 0) is 6.54 Å². The summed E-state index contributed by atoms with van der Waals surface area (Å²) in [6, 6.07) is 14.4. The molecule has 2 saturated heterocycles. The molecule has 0 radical (unpaired) electrons. The molecule has 1 aromatic heterocycles. The number of para-hydroxylation sites is 1. The zero-order valence-electron chi connectivity index (χ0n) is 15.1. The smallest absolute Gasteiger partial charge is 0.318 e. The number of rotatable bonds is 4. The van der Waals surface area contributed by atoms with Gasteiger partial charge in [0.15, 0.2) is 0 Å². The average Bonchev–Trinajstić information content (AvgIpc) is 3.39. The van der Waals surface area contributed by atoms with Gasteiger partial charge in [-0.1, -0.05) is 24.3 Å². The van der Waals surface area contributed by atoms with Gasteiger partial charge >= 0.3 is 6.03 Å². The molecule has 1 N–H and O–H groups in total. The molecule has 2 amide bonds. The quantitative estimate of drug-likeness (QED) is 0.914. The fourth-order valence-corrected chi connectivity index (χ4v) is 4.09. The van der Waals surface area contributed by atoms with Crippen LogP contribution in [-0.4, -0.2) is 35.5 Å². The van der Waals surface area contributed by atoms with Gasteiger partial charge in [0.2, 0.25) is 0 Å². The van der Waals surface area contributed by atoms with E-state index in [0.29, 0.717) is 6.54 Å². The van der Waals surface area contributed by atoms with Crippen LogP contribution >= 0.6 is 0 Å². The molecule has 136 valence electrons. The molecule has 3 heterocycles. The van der Waals surface area contributed by atoms with Gasteiger partial charge in [0, 0.05) is 38.1 Å². The van der Waals surface area contributed by atoms with Crippen LogP contribution < -0.4 is 10.2 Å². The summed E-state index contributed by atoms with van der Waals surface area (Å²) in [6.45, 7) is 3.58. The molecule has 0 spiro atoms. The Kier molecular flexibility index (Phi) is 5.04. The molecule has 2 aromatic rings. The largest absolute Gasteiger partial charge is 0.371 e. The number of anilines is 1. The minimum atomic E-state index is 0.00868. The number of nitrogens with zero attached hydrogens (tertiary/aromatic N) is 3. The number of aromatic nitrogens is 1. The van der Waals surface area contributed by atoms with Gasteiger partial charge in [-0.3, -0.25) is 4.98 Å². The monoisotopic (exact) mass is 350 g/mol. The molecule has 26 heavy (non-hydrogen) atoms. The normalized spacial score (nSPS) is 19.8. The molecule has 1 aromatic carbocycles. The van der Waals surface area contributed by atoms with Crippen molar-refractivity contribution in [3.63, 3.8) is 0 Å². The summed E-state index contributed by atoms with van der Waals surface area (Å²) in [5, 5.41) is 3.14. The maximum atomic E-state index is 12.8. The van der Waals surface area contributed by atoms with E-state index in [1.807, 2.05) is 29.2 Å². The third-order valence-corrected chi connectivity index (χ3v) is 5.41. The molecular formula is C21H26N4O. The van der Waals surface area contributed by atoms with Gasteiger partial charge in [-0.2, -0.15) is 0 Å². The first-order valence-corrected chi connectivity index (χ1v) is 9.61. The Labute approximate surface area is 155 Å². The van der Waals surface area contributed by atoms with Crippen molar-refractivity contribution in [1.29, 1.82) is 0 Å². The Balaban J connectivity index is 1.43. The predicted molar refractivity (Wildman–Crippen MR) is 103 cm³/mol. The van der Waals surface area contributed by atoms with Crippen LogP contribution in [0.1, 0.15) is 43.0 Å². The maximum absolute atomic E-state index is 12.8. The van der Waals surface area contributed by atoms with E-state index in [4.69, 9.17) is 0 Å². The second-order valence-electron chi connectivity index (χ2n) is 7.09. The third-order valence-electron chi connectivity index (χ3n) is 5.41. The molecule has 4 rings (SSSR count). The van der Waals surface area contributed by atoms with Gasteiger partial charge in [-0.05, 0) is 49.4 Å². The van der Waals surface area contributed by atoms with Crippen LogP contribution in [0.15, 0.2) is 48.7 Å². The van der Waals surface area contributed by atoms with Crippen molar-refractivity contribution in [3.8, 4) is 0 Å². The zero-order valence-corrected chi connectivity index (χ0v) is 15.1. The number of nitrogens with one attached hydrogen (secondary N) is 1. The molecule has 2 aliphatic rings. The SMILES string of the molecule is O=C(NCc1ccccc1N1CCCC1)N1CCC[C@H]1c1ccccn1. The topological polar surface area (TPSA) is 48.5 Å². The molecule has 1 atom stereocenters. The number of amides is 2. The summed E-state index contributed by atoms with van der Waals surface area (Å²) in [5.41, 5.74) is 3.43. The van der Waals surface area contributed by atoms with Crippen molar-refractivity contribution < 1.29 is 4.79 Å². The first-order chi connectivity index (χ1) is 12.8. The third kappa shape index (κ3) is 3.52. The van der Waals surface area contributed by atoms with Crippen molar-refractivity contribution in [1.82, 2.24) is 15.2 Å². The number of urea groups is 1. The highest BCUT2D eigenvalue weighted by atomic mass is 16.2. The first kappa shape index (κ1) is 16.9. The molecule has 2 aliphatic heterocycles. The molecule has 5 nitrogen and oxygen atoms in total. The van der Waals surface area contributed by atoms with Gasteiger partial charge in [0.05, 0.1) is 11.7 Å². The van der Waals surface area contributed by atoms with Gasteiger partial charge in [-0.25, -0.2) is 4.79 Å². The van der Waals surface area contributed by atoms with Crippen LogP contribution in [0.3, 0.4) is 0 Å². The van der Waals surface area contributed by atoms with Gasteiger partial charge in [0.25, 0.3) is 0 Å². The molecule has 2 fully saturated rings. The number of carbonyl (C=O) groups is 1. The number of likely N-dealkylation sites (tertiary alicyclic amines) is 1. The van der Waals surface area contributed by atoms with Crippen LogP contribution in [0.4, 0.5) is 10.5 Å². The summed E-state index contributed by atoms with van der Waals surface area (Å²) in [4.78, 5) is 21.6. The highest BCUT2D eigenvalue weighted by Gasteiger charge is 2.30. The van der Waals surface area contributed by atoms with Crippen molar-refractivity contribution >= 4 is 11.7 Å². The Bertz CT molecular complexity index is 743. The Morgan fingerprint density at radius 2 is 1.85 bits per heavy atom. The Morgan fingerprint density at radius 1 is 1.04 bits per heavy atom. The number of carbonyl (C=O) groups excluding carboxylic acids is 1. The number of hydrogen-bond donors (Lipinski definition) is 1. The van der Waals surface area contributed by atoms with Crippen LogP contribution in [0, 0.1) is 0 Å². The van der Waals surface area contributed by atoms with Gasteiger partial charge in [0.1, 0.15) is 0 Å². The highest BCUT2D eigenvalue weighted by molar-refractivity contribution is 5.75. The highest BCUT2D eigenvalue weighted by Crippen LogP contribution is 2.30. The lowest BCUT2D eigenvalue weighted by Gasteiger charge is -2.26. The first-order valence-electron chi connectivity index (χ1n) is 9.61. The lowest BCUT2D eigenvalue weighted by molar-refractivity contribution is 0.191. The second kappa shape index (κ2) is 7.77. The van der Waals surface area contributed by atoms with E-state index in [0.717, 1.165) is 38.2 Å². The minimum Gasteiger partial charge on any atom is -0.371 e. The second-order valence-corrected chi connectivity index (χ2v) is 7.09. The standard InChI is InChI=1S/C21H26N4O/c26-21(25-15-7-11-20(25)18-9-3-4-12-22-18)23-16-17-8-1-2-10-19(17)24-13-5-6-14-24/h1-4,8-10,12,20H,5-7,11,13-16H2,(H,23,26)/t20-/m0/s1. The molecule has 0 unspecified atom stereocenters. The van der Waals surface area contributed by atoms with Crippen molar-refractivity contribution in [2.45, 2.75) is 38.3 Å². The Hall–Kier alpha value is -2.56. The van der Waals surface area contributed by atoms with E-state index < -0.39 is 0 Å². The van der Waals surface area contributed by atoms with E-state index in [1.54, 1.807) is 6.20 Å². The summed E-state index contributed by atoms with van der Waals surface area (Å²) in [5.74, 6) is 0. The van der Waals surface area contributed by atoms with E-state index >= 15 is 0 Å². The molecule has 5 heteroatoms. The Morgan fingerprint density at radius 3 is 2.65 bits per heavy atom. The van der Waals surface area contributed by atoms with Crippen LogP contribution in [0.25, 0.3) is 0 Å². The average molecular weight is 350 g/mol. The summed E-state index contributed by atoms with van der Waals surface area (Å²) < 4.78 is 0. The maximum Gasteiger partial charge on any atom is 0.318 e. The predicted octanol–water partition coefficient (Wildman–Crippen LogP) is 3.73. The minimum absolute atomic E-state index is 0.00868. The fourth-order valence-electron chi connectivity index (χ4n) is 4.09. The summed E-state index contributed by atoms with van der Waals surface area (Å²) in [7, 11) is 0. The van der Waals surface area contributed by atoms with E-state index in [-0.39, 0.29) is 12.1 Å².